The summed E-state index contributed by atoms with van der Waals surface area (Å²) in [4.78, 5) is 31.9. The van der Waals surface area contributed by atoms with Crippen molar-refractivity contribution in [3.8, 4) is 5.75 Å². The van der Waals surface area contributed by atoms with E-state index in [0.29, 0.717) is 0 Å². The number of nitro groups is 1. The van der Waals surface area contributed by atoms with Crippen LogP contribution in [-0.2, 0) is 9.53 Å². The number of aliphatic carboxylic acids is 1. The van der Waals surface area contributed by atoms with Crippen molar-refractivity contribution in [3.63, 3.8) is 0 Å². The second-order valence-electron chi connectivity index (χ2n) is 4.54. The molecule has 0 aliphatic rings. The summed E-state index contributed by atoms with van der Waals surface area (Å²) in [6.07, 6.45) is -1.45. The third-order valence-corrected chi connectivity index (χ3v) is 2.19. The van der Waals surface area contributed by atoms with Crippen LogP contribution in [0, 0.1) is 10.1 Å². The van der Waals surface area contributed by atoms with E-state index in [2.05, 4.69) is 0 Å². The Kier molecular flexibility index (Phi) is 4.63. The first kappa shape index (κ1) is 15.4. The van der Waals surface area contributed by atoms with Gasteiger partial charge in [0.25, 0.3) is 5.69 Å². The Morgan fingerprint density at radius 3 is 2.30 bits per heavy atom. The SMILES string of the molecule is CC(C)(CC(=O)O)OC(=O)Oc1ccc([N+](=O)[O-])cc1. The van der Waals surface area contributed by atoms with Crippen molar-refractivity contribution >= 4 is 17.8 Å². The summed E-state index contributed by atoms with van der Waals surface area (Å²) in [6, 6.07) is 4.82. The van der Waals surface area contributed by atoms with E-state index in [4.69, 9.17) is 14.6 Å². The number of nitrogens with zero attached hydrogens (tertiary/aromatic N) is 1. The van der Waals surface area contributed by atoms with Gasteiger partial charge in [-0.3, -0.25) is 14.9 Å². The molecule has 1 aromatic carbocycles. The van der Waals surface area contributed by atoms with Gasteiger partial charge in [-0.1, -0.05) is 0 Å². The molecule has 0 saturated carbocycles. The van der Waals surface area contributed by atoms with Gasteiger partial charge in [-0.25, -0.2) is 4.79 Å². The van der Waals surface area contributed by atoms with Gasteiger partial charge in [0.05, 0.1) is 11.3 Å². The maximum atomic E-state index is 11.5. The Balaban J connectivity index is 2.62. The van der Waals surface area contributed by atoms with Crippen molar-refractivity contribution in [2.45, 2.75) is 25.9 Å². The van der Waals surface area contributed by atoms with E-state index in [0.717, 1.165) is 0 Å². The minimum atomic E-state index is -1.22. The predicted molar refractivity (Wildman–Crippen MR) is 66.5 cm³/mol. The number of benzene rings is 1. The lowest BCUT2D eigenvalue weighted by atomic mass is 10.1. The Morgan fingerprint density at radius 2 is 1.85 bits per heavy atom. The number of non-ortho nitro benzene ring substituents is 1. The standard InChI is InChI=1S/C12H13NO7/c1-12(2,7-10(14)15)20-11(16)19-9-5-3-8(4-6-9)13(17)18/h3-6H,7H2,1-2H3,(H,14,15). The molecule has 0 aliphatic heterocycles. The van der Waals surface area contributed by atoms with E-state index in [1.807, 2.05) is 0 Å². The Labute approximate surface area is 114 Å². The summed E-state index contributed by atoms with van der Waals surface area (Å²) in [5, 5.41) is 19.1. The molecule has 8 heteroatoms. The third kappa shape index (κ3) is 4.92. The number of hydrogen-bond acceptors (Lipinski definition) is 6. The molecule has 0 amide bonds. The molecule has 0 aromatic heterocycles. The highest BCUT2D eigenvalue weighted by Gasteiger charge is 2.27. The normalized spacial score (nSPS) is 10.7. The van der Waals surface area contributed by atoms with Crippen molar-refractivity contribution in [1.82, 2.24) is 0 Å². The average molecular weight is 283 g/mol. The molecule has 20 heavy (non-hydrogen) atoms. The molecule has 0 aliphatic carbocycles. The molecule has 0 radical (unpaired) electrons. The van der Waals surface area contributed by atoms with Gasteiger partial charge in [0.1, 0.15) is 11.4 Å². The summed E-state index contributed by atoms with van der Waals surface area (Å²) >= 11 is 0. The van der Waals surface area contributed by atoms with Crippen LogP contribution in [0.5, 0.6) is 5.75 Å². The van der Waals surface area contributed by atoms with Crippen molar-refractivity contribution in [2.75, 3.05) is 0 Å². The van der Waals surface area contributed by atoms with Crippen LogP contribution in [0.1, 0.15) is 20.3 Å². The summed E-state index contributed by atoms with van der Waals surface area (Å²) < 4.78 is 9.64. The van der Waals surface area contributed by atoms with Crippen LogP contribution in [0.15, 0.2) is 24.3 Å². The van der Waals surface area contributed by atoms with Crippen LogP contribution >= 0.6 is 0 Å². The number of hydrogen-bond donors (Lipinski definition) is 1. The lowest BCUT2D eigenvalue weighted by Crippen LogP contribution is -2.32. The van der Waals surface area contributed by atoms with Crippen LogP contribution in [-0.4, -0.2) is 27.8 Å². The quantitative estimate of drug-likeness (QED) is 0.381. The smallest absolute Gasteiger partial charge is 0.481 e. The summed E-state index contributed by atoms with van der Waals surface area (Å²) in [7, 11) is 0. The van der Waals surface area contributed by atoms with Gasteiger partial charge >= 0.3 is 12.1 Å². The van der Waals surface area contributed by atoms with Crippen LogP contribution in [0.4, 0.5) is 10.5 Å². The Hall–Kier alpha value is -2.64. The van der Waals surface area contributed by atoms with Gasteiger partial charge in [-0.2, -0.15) is 0 Å². The molecular formula is C12H13NO7. The summed E-state index contributed by atoms with van der Waals surface area (Å²) in [6.45, 7) is 2.86. The molecule has 0 unspecified atom stereocenters. The topological polar surface area (TPSA) is 116 Å². The predicted octanol–water partition coefficient (Wildman–Crippen LogP) is 2.36. The monoisotopic (exact) mass is 283 g/mol. The first-order valence-electron chi connectivity index (χ1n) is 5.57. The molecule has 8 nitrogen and oxygen atoms in total. The van der Waals surface area contributed by atoms with E-state index in [-0.39, 0.29) is 17.9 Å². The number of carbonyl (C=O) groups is 2. The van der Waals surface area contributed by atoms with E-state index in [1.54, 1.807) is 0 Å². The number of ether oxygens (including phenoxy) is 2. The molecule has 0 fully saturated rings. The first-order chi connectivity index (χ1) is 9.19. The zero-order valence-electron chi connectivity index (χ0n) is 10.9. The second kappa shape index (κ2) is 6.00. The maximum Gasteiger partial charge on any atom is 0.514 e. The molecule has 1 N–H and O–H groups in total. The molecule has 0 bridgehead atoms. The van der Waals surface area contributed by atoms with Crippen molar-refractivity contribution in [3.05, 3.63) is 34.4 Å². The largest absolute Gasteiger partial charge is 0.514 e. The Bertz CT molecular complexity index is 521. The minimum absolute atomic E-state index is 0.0618. The fraction of sp³-hybridized carbons (Fsp3) is 0.333. The highest BCUT2D eigenvalue weighted by molar-refractivity contribution is 5.69. The van der Waals surface area contributed by atoms with Gasteiger partial charge in [-0.05, 0) is 26.0 Å². The molecule has 1 rings (SSSR count). The van der Waals surface area contributed by atoms with E-state index < -0.39 is 22.6 Å². The molecule has 0 heterocycles. The maximum absolute atomic E-state index is 11.5. The molecule has 1 aromatic rings. The summed E-state index contributed by atoms with van der Waals surface area (Å²) in [5.41, 5.74) is -1.36. The number of nitro benzene ring substituents is 1. The second-order valence-corrected chi connectivity index (χ2v) is 4.54. The van der Waals surface area contributed by atoms with Crippen LogP contribution < -0.4 is 4.74 Å². The van der Waals surface area contributed by atoms with Crippen molar-refractivity contribution in [2.24, 2.45) is 0 Å². The highest BCUT2D eigenvalue weighted by Crippen LogP contribution is 2.20. The van der Waals surface area contributed by atoms with Gasteiger partial charge < -0.3 is 14.6 Å². The zero-order chi connectivity index (χ0) is 15.3. The number of carbonyl (C=O) groups excluding carboxylic acids is 1. The lowest BCUT2D eigenvalue weighted by molar-refractivity contribution is -0.384. The van der Waals surface area contributed by atoms with E-state index >= 15 is 0 Å². The van der Waals surface area contributed by atoms with Crippen LogP contribution in [0.3, 0.4) is 0 Å². The Morgan fingerprint density at radius 1 is 1.30 bits per heavy atom. The fourth-order valence-corrected chi connectivity index (χ4v) is 1.38. The number of rotatable bonds is 5. The molecule has 0 saturated heterocycles. The van der Waals surface area contributed by atoms with Gasteiger partial charge in [0.2, 0.25) is 0 Å². The zero-order valence-corrected chi connectivity index (χ0v) is 10.9. The number of carboxylic acids is 1. The summed E-state index contributed by atoms with van der Waals surface area (Å²) in [5.74, 6) is -1.05. The van der Waals surface area contributed by atoms with Crippen LogP contribution in [0.25, 0.3) is 0 Å². The van der Waals surface area contributed by atoms with E-state index in [1.165, 1.54) is 38.1 Å². The van der Waals surface area contributed by atoms with Crippen molar-refractivity contribution < 1.29 is 29.1 Å². The first-order valence-corrected chi connectivity index (χ1v) is 5.57. The fourth-order valence-electron chi connectivity index (χ4n) is 1.38. The van der Waals surface area contributed by atoms with Gasteiger partial charge in [-0.15, -0.1) is 0 Å². The lowest BCUT2D eigenvalue weighted by Gasteiger charge is -2.22. The number of carboxylic acid groups (broad SMARTS) is 1. The average Bonchev–Trinajstić information content (AvgIpc) is 2.26. The molecule has 108 valence electrons. The van der Waals surface area contributed by atoms with Gasteiger partial charge in [0, 0.05) is 12.1 Å². The van der Waals surface area contributed by atoms with E-state index in [9.17, 15) is 19.7 Å². The van der Waals surface area contributed by atoms with Gasteiger partial charge in [0.15, 0.2) is 0 Å². The minimum Gasteiger partial charge on any atom is -0.481 e. The molecule has 0 atom stereocenters. The third-order valence-electron chi connectivity index (χ3n) is 2.19. The molecule has 0 spiro atoms. The van der Waals surface area contributed by atoms with Crippen LogP contribution in [0.2, 0.25) is 0 Å². The van der Waals surface area contributed by atoms with Crippen molar-refractivity contribution in [1.29, 1.82) is 0 Å². The molecular weight excluding hydrogens is 270 g/mol. The highest BCUT2D eigenvalue weighted by atomic mass is 16.7.